The third-order valence-electron chi connectivity index (χ3n) is 2.87. The van der Waals surface area contributed by atoms with Crippen LogP contribution in [0.3, 0.4) is 0 Å². The zero-order valence-electron chi connectivity index (χ0n) is 8.90. The second-order valence-electron chi connectivity index (χ2n) is 3.95. The number of carbonyl (C=O) groups is 1. The Kier molecular flexibility index (Phi) is 2.69. The van der Waals surface area contributed by atoms with Crippen LogP contribution >= 0.6 is 11.6 Å². The SMILES string of the molecule is Cc1c(CN2CC(Cl)CC2=O)cnn1C. The molecule has 0 aliphatic carbocycles. The van der Waals surface area contributed by atoms with Crippen LogP contribution in [0.2, 0.25) is 0 Å². The standard InChI is InChI=1S/C10H14ClN3O/c1-7-8(4-12-13(7)2)5-14-6-9(11)3-10(14)15/h4,9H,3,5-6H2,1-2H3. The van der Waals surface area contributed by atoms with E-state index in [1.807, 2.05) is 24.9 Å². The molecule has 1 aromatic heterocycles. The van der Waals surface area contributed by atoms with Crippen molar-refractivity contribution in [3.63, 3.8) is 0 Å². The largest absolute Gasteiger partial charge is 0.337 e. The van der Waals surface area contributed by atoms with Gasteiger partial charge in [0.1, 0.15) is 0 Å². The molecule has 1 amide bonds. The van der Waals surface area contributed by atoms with E-state index in [0.29, 0.717) is 19.5 Å². The van der Waals surface area contributed by atoms with E-state index in [4.69, 9.17) is 11.6 Å². The lowest BCUT2D eigenvalue weighted by Crippen LogP contribution is -2.24. The van der Waals surface area contributed by atoms with Crippen molar-refractivity contribution in [1.29, 1.82) is 0 Å². The van der Waals surface area contributed by atoms with Gasteiger partial charge >= 0.3 is 0 Å². The average molecular weight is 228 g/mol. The van der Waals surface area contributed by atoms with Gasteiger partial charge in [0.15, 0.2) is 0 Å². The molecular formula is C10H14ClN3O. The Morgan fingerprint density at radius 2 is 2.40 bits per heavy atom. The van der Waals surface area contributed by atoms with Crippen LogP contribution in [-0.2, 0) is 18.4 Å². The van der Waals surface area contributed by atoms with Crippen LogP contribution in [0.4, 0.5) is 0 Å². The summed E-state index contributed by atoms with van der Waals surface area (Å²) in [5.74, 6) is 0.137. The Morgan fingerprint density at radius 1 is 1.67 bits per heavy atom. The van der Waals surface area contributed by atoms with Gasteiger partial charge in [-0.3, -0.25) is 9.48 Å². The van der Waals surface area contributed by atoms with Crippen molar-refractivity contribution in [3.8, 4) is 0 Å². The number of halogens is 1. The molecule has 2 heterocycles. The van der Waals surface area contributed by atoms with Gasteiger partial charge < -0.3 is 4.90 Å². The van der Waals surface area contributed by atoms with E-state index in [1.165, 1.54) is 0 Å². The summed E-state index contributed by atoms with van der Waals surface area (Å²) >= 11 is 5.93. The Balaban J connectivity index is 2.09. The van der Waals surface area contributed by atoms with Gasteiger partial charge in [0.05, 0.1) is 11.6 Å². The van der Waals surface area contributed by atoms with Crippen LogP contribution in [0.5, 0.6) is 0 Å². The van der Waals surface area contributed by atoms with Gasteiger partial charge in [-0.15, -0.1) is 11.6 Å². The second-order valence-corrected chi connectivity index (χ2v) is 4.57. The molecule has 0 bridgehead atoms. The normalized spacial score (nSPS) is 21.4. The highest BCUT2D eigenvalue weighted by Crippen LogP contribution is 2.19. The number of aromatic nitrogens is 2. The van der Waals surface area contributed by atoms with Gasteiger partial charge in [0.25, 0.3) is 0 Å². The summed E-state index contributed by atoms with van der Waals surface area (Å²) < 4.78 is 1.81. The monoisotopic (exact) mass is 227 g/mol. The Hall–Kier alpha value is -1.03. The van der Waals surface area contributed by atoms with Crippen LogP contribution in [0.25, 0.3) is 0 Å². The van der Waals surface area contributed by atoms with Gasteiger partial charge in [-0.05, 0) is 6.92 Å². The summed E-state index contributed by atoms with van der Waals surface area (Å²) in [6, 6.07) is 0. The number of rotatable bonds is 2. The maximum absolute atomic E-state index is 11.5. The van der Waals surface area contributed by atoms with Crippen LogP contribution < -0.4 is 0 Å². The van der Waals surface area contributed by atoms with Gasteiger partial charge in [-0.25, -0.2) is 0 Å². The van der Waals surface area contributed by atoms with Crippen molar-refractivity contribution in [2.24, 2.45) is 7.05 Å². The van der Waals surface area contributed by atoms with E-state index < -0.39 is 0 Å². The minimum atomic E-state index is -0.0329. The number of nitrogens with zero attached hydrogens (tertiary/aromatic N) is 3. The number of likely N-dealkylation sites (tertiary alicyclic amines) is 1. The van der Waals surface area contributed by atoms with Crippen molar-refractivity contribution >= 4 is 17.5 Å². The molecule has 1 fully saturated rings. The molecular weight excluding hydrogens is 214 g/mol. The molecule has 0 radical (unpaired) electrons. The lowest BCUT2D eigenvalue weighted by Gasteiger charge is -2.15. The lowest BCUT2D eigenvalue weighted by atomic mass is 10.2. The van der Waals surface area contributed by atoms with Crippen molar-refractivity contribution in [1.82, 2.24) is 14.7 Å². The number of alkyl halides is 1. The minimum Gasteiger partial charge on any atom is -0.337 e. The summed E-state index contributed by atoms with van der Waals surface area (Å²) in [5.41, 5.74) is 2.19. The summed E-state index contributed by atoms with van der Waals surface area (Å²) in [6.45, 7) is 3.28. The first-order chi connectivity index (χ1) is 7.08. The molecule has 82 valence electrons. The first-order valence-corrected chi connectivity index (χ1v) is 5.41. The van der Waals surface area contributed by atoms with E-state index in [0.717, 1.165) is 11.3 Å². The maximum Gasteiger partial charge on any atom is 0.224 e. The molecule has 0 saturated carbocycles. The van der Waals surface area contributed by atoms with Crippen molar-refractivity contribution < 1.29 is 4.79 Å². The maximum atomic E-state index is 11.5. The first-order valence-electron chi connectivity index (χ1n) is 4.97. The molecule has 0 spiro atoms. The van der Waals surface area contributed by atoms with Gasteiger partial charge in [0.2, 0.25) is 5.91 Å². The molecule has 0 N–H and O–H groups in total. The highest BCUT2D eigenvalue weighted by molar-refractivity contribution is 6.22. The molecule has 4 nitrogen and oxygen atoms in total. The quantitative estimate of drug-likeness (QED) is 0.709. The summed E-state index contributed by atoms with van der Waals surface area (Å²) in [5, 5.41) is 4.12. The molecule has 1 aliphatic heterocycles. The third-order valence-corrected chi connectivity index (χ3v) is 3.16. The van der Waals surface area contributed by atoms with Crippen LogP contribution in [0, 0.1) is 6.92 Å². The van der Waals surface area contributed by atoms with Crippen molar-refractivity contribution in [2.75, 3.05) is 6.54 Å². The summed E-state index contributed by atoms with van der Waals surface area (Å²) in [6.07, 6.45) is 2.27. The molecule has 5 heteroatoms. The van der Waals surface area contributed by atoms with E-state index >= 15 is 0 Å². The first kappa shape index (κ1) is 10.5. The highest BCUT2D eigenvalue weighted by atomic mass is 35.5. The van der Waals surface area contributed by atoms with Crippen molar-refractivity contribution in [2.45, 2.75) is 25.3 Å². The Bertz CT molecular complexity index is 388. The van der Waals surface area contributed by atoms with E-state index in [9.17, 15) is 4.79 Å². The zero-order chi connectivity index (χ0) is 11.0. The third kappa shape index (κ3) is 2.00. The fraction of sp³-hybridized carbons (Fsp3) is 0.600. The smallest absolute Gasteiger partial charge is 0.224 e. The number of amides is 1. The van der Waals surface area contributed by atoms with Crippen LogP contribution in [0.15, 0.2) is 6.20 Å². The summed E-state index contributed by atoms with van der Waals surface area (Å²) in [7, 11) is 1.90. The summed E-state index contributed by atoms with van der Waals surface area (Å²) in [4.78, 5) is 13.3. The Morgan fingerprint density at radius 3 is 2.87 bits per heavy atom. The van der Waals surface area contributed by atoms with Crippen LogP contribution in [0.1, 0.15) is 17.7 Å². The highest BCUT2D eigenvalue weighted by Gasteiger charge is 2.28. The number of hydrogen-bond donors (Lipinski definition) is 0. The van der Waals surface area contributed by atoms with E-state index in [2.05, 4.69) is 5.10 Å². The molecule has 2 rings (SSSR count). The second kappa shape index (κ2) is 3.85. The molecule has 1 aliphatic rings. The predicted octanol–water partition coefficient (Wildman–Crippen LogP) is 1.07. The van der Waals surface area contributed by atoms with E-state index in [-0.39, 0.29) is 11.3 Å². The van der Waals surface area contributed by atoms with E-state index in [1.54, 1.807) is 4.90 Å². The molecule has 0 aromatic carbocycles. The fourth-order valence-corrected chi connectivity index (χ4v) is 2.08. The van der Waals surface area contributed by atoms with Crippen LogP contribution in [-0.4, -0.2) is 32.5 Å². The number of aryl methyl sites for hydroxylation is 1. The molecule has 15 heavy (non-hydrogen) atoms. The van der Waals surface area contributed by atoms with Gasteiger partial charge in [0, 0.05) is 37.8 Å². The van der Waals surface area contributed by atoms with Gasteiger partial charge in [-0.2, -0.15) is 5.10 Å². The predicted molar refractivity (Wildman–Crippen MR) is 57.6 cm³/mol. The lowest BCUT2D eigenvalue weighted by molar-refractivity contribution is -0.128. The number of hydrogen-bond acceptors (Lipinski definition) is 2. The zero-order valence-corrected chi connectivity index (χ0v) is 9.66. The van der Waals surface area contributed by atoms with Gasteiger partial charge in [-0.1, -0.05) is 0 Å². The Labute approximate surface area is 93.8 Å². The van der Waals surface area contributed by atoms with Crippen molar-refractivity contribution in [3.05, 3.63) is 17.5 Å². The molecule has 1 unspecified atom stereocenters. The molecule has 1 atom stereocenters. The number of carbonyl (C=O) groups excluding carboxylic acids is 1. The average Bonchev–Trinajstić information content (AvgIpc) is 2.64. The molecule has 1 aromatic rings. The molecule has 1 saturated heterocycles. The minimum absolute atomic E-state index is 0.0329. The topological polar surface area (TPSA) is 38.1 Å². The fourth-order valence-electron chi connectivity index (χ4n) is 1.78.